The summed E-state index contributed by atoms with van der Waals surface area (Å²) < 4.78 is 0. The van der Waals surface area contributed by atoms with Crippen LogP contribution in [0.2, 0.25) is 0 Å². The first-order valence-electron chi connectivity index (χ1n) is 3.52. The molecule has 0 aromatic carbocycles. The Hall–Kier alpha value is -0.480. The van der Waals surface area contributed by atoms with Crippen LogP contribution in [0.5, 0.6) is 0 Å². The molecule has 0 bridgehead atoms. The fraction of sp³-hybridized carbons (Fsp3) is 0.571. The Balaban J connectivity index is 2.48. The Labute approximate surface area is 71.4 Å². The molecule has 4 heteroatoms. The van der Waals surface area contributed by atoms with Crippen LogP contribution in [0.15, 0.2) is 11.1 Å². The van der Waals surface area contributed by atoms with Gasteiger partial charge >= 0.3 is 0 Å². The third kappa shape index (κ3) is 1.97. The molecule has 0 fully saturated rings. The Morgan fingerprint density at radius 3 is 3.09 bits per heavy atom. The highest BCUT2D eigenvalue weighted by Gasteiger charge is 2.18. The van der Waals surface area contributed by atoms with Gasteiger partial charge in [-0.15, -0.1) is 0 Å². The average Bonchev–Trinajstić information content (AvgIpc) is 2.32. The van der Waals surface area contributed by atoms with Crippen molar-refractivity contribution in [3.63, 3.8) is 0 Å². The lowest BCUT2D eigenvalue weighted by molar-refractivity contribution is 0.506. The molecule has 0 aromatic rings. The van der Waals surface area contributed by atoms with Gasteiger partial charge < -0.3 is 15.6 Å². The molecule has 3 nitrogen and oxygen atoms in total. The number of nitrogens with zero attached hydrogens (tertiary/aromatic N) is 1. The molecule has 0 amide bonds. The van der Waals surface area contributed by atoms with Gasteiger partial charge in [0.15, 0.2) is 0 Å². The van der Waals surface area contributed by atoms with Gasteiger partial charge in [-0.1, -0.05) is 11.8 Å². The Kier molecular flexibility index (Phi) is 2.96. The molecule has 1 rings (SSSR count). The maximum Gasteiger partial charge on any atom is 0.114 e. The maximum absolute atomic E-state index is 7.11. The summed E-state index contributed by atoms with van der Waals surface area (Å²) >= 11 is 1.72. The van der Waals surface area contributed by atoms with Crippen LogP contribution in [-0.4, -0.2) is 37.1 Å². The van der Waals surface area contributed by atoms with Crippen molar-refractivity contribution >= 4 is 18.0 Å². The minimum Gasteiger partial charge on any atom is -0.363 e. The van der Waals surface area contributed by atoms with E-state index in [0.29, 0.717) is 0 Å². The van der Waals surface area contributed by atoms with E-state index >= 15 is 0 Å². The smallest absolute Gasteiger partial charge is 0.114 e. The van der Waals surface area contributed by atoms with Crippen LogP contribution in [0, 0.1) is 5.41 Å². The number of hydrogen-bond acceptors (Lipinski definition) is 4. The molecular formula is C7H13N3S. The number of nitrogens with one attached hydrogen (secondary N) is 2. The van der Waals surface area contributed by atoms with Crippen molar-refractivity contribution in [3.05, 3.63) is 11.1 Å². The second-order valence-electron chi connectivity index (χ2n) is 2.47. The molecule has 1 atom stereocenters. The topological polar surface area (TPSA) is 39.1 Å². The fourth-order valence-electron chi connectivity index (χ4n) is 0.982. The number of likely N-dealkylation sites (N-methyl/N-ethyl adjacent to an activating group) is 1. The largest absolute Gasteiger partial charge is 0.363 e. The van der Waals surface area contributed by atoms with Crippen molar-refractivity contribution in [1.29, 1.82) is 5.41 Å². The van der Waals surface area contributed by atoms with E-state index in [1.165, 1.54) is 11.1 Å². The van der Waals surface area contributed by atoms with Crippen LogP contribution in [0.4, 0.5) is 0 Å². The van der Waals surface area contributed by atoms with Crippen LogP contribution >= 0.6 is 11.8 Å². The summed E-state index contributed by atoms with van der Waals surface area (Å²) in [6, 6.07) is 0. The van der Waals surface area contributed by atoms with Crippen LogP contribution in [-0.2, 0) is 0 Å². The molecule has 11 heavy (non-hydrogen) atoms. The molecular weight excluding hydrogens is 158 g/mol. The molecule has 0 spiro atoms. The molecule has 2 N–H and O–H groups in total. The first-order valence-corrected chi connectivity index (χ1v) is 4.40. The SMILES string of the molecule is CNCC1=CN(C)C(C=N)S1. The summed E-state index contributed by atoms with van der Waals surface area (Å²) in [7, 11) is 3.92. The first-order chi connectivity index (χ1) is 5.27. The average molecular weight is 171 g/mol. The minimum absolute atomic E-state index is 0.207. The minimum atomic E-state index is 0.207. The van der Waals surface area contributed by atoms with E-state index in [2.05, 4.69) is 11.5 Å². The third-order valence-corrected chi connectivity index (χ3v) is 2.78. The summed E-state index contributed by atoms with van der Waals surface area (Å²) in [5.74, 6) is 0. The number of hydrogen-bond donors (Lipinski definition) is 2. The molecule has 1 aliphatic heterocycles. The van der Waals surface area contributed by atoms with Crippen molar-refractivity contribution in [1.82, 2.24) is 10.2 Å². The highest BCUT2D eigenvalue weighted by Crippen LogP contribution is 2.29. The summed E-state index contributed by atoms with van der Waals surface area (Å²) in [5.41, 5.74) is 0. The van der Waals surface area contributed by atoms with Gasteiger partial charge in [0.1, 0.15) is 5.37 Å². The van der Waals surface area contributed by atoms with Crippen LogP contribution in [0.3, 0.4) is 0 Å². The maximum atomic E-state index is 7.11. The second kappa shape index (κ2) is 3.78. The van der Waals surface area contributed by atoms with Gasteiger partial charge in [-0.25, -0.2) is 0 Å². The van der Waals surface area contributed by atoms with E-state index in [1.54, 1.807) is 11.8 Å². The van der Waals surface area contributed by atoms with E-state index in [-0.39, 0.29) is 5.37 Å². The normalized spacial score (nSPS) is 23.6. The second-order valence-corrected chi connectivity index (χ2v) is 3.71. The van der Waals surface area contributed by atoms with Crippen molar-refractivity contribution in [2.24, 2.45) is 0 Å². The van der Waals surface area contributed by atoms with Crippen molar-refractivity contribution in [3.8, 4) is 0 Å². The van der Waals surface area contributed by atoms with Crippen molar-refractivity contribution in [2.75, 3.05) is 20.6 Å². The zero-order valence-corrected chi connectivity index (χ0v) is 7.61. The molecule has 0 aliphatic carbocycles. The fourth-order valence-corrected chi connectivity index (χ4v) is 2.04. The molecule has 0 saturated carbocycles. The molecule has 0 radical (unpaired) electrons. The quantitative estimate of drug-likeness (QED) is 0.614. The molecule has 1 unspecified atom stereocenters. The lowest BCUT2D eigenvalue weighted by Gasteiger charge is -2.13. The van der Waals surface area contributed by atoms with Gasteiger partial charge in [0.2, 0.25) is 0 Å². The van der Waals surface area contributed by atoms with Gasteiger partial charge in [0, 0.05) is 30.9 Å². The third-order valence-electron chi connectivity index (χ3n) is 1.51. The monoisotopic (exact) mass is 171 g/mol. The van der Waals surface area contributed by atoms with Crippen LogP contribution in [0.1, 0.15) is 0 Å². The van der Waals surface area contributed by atoms with E-state index < -0.39 is 0 Å². The van der Waals surface area contributed by atoms with E-state index in [1.807, 2.05) is 19.0 Å². The highest BCUT2D eigenvalue weighted by atomic mass is 32.2. The Morgan fingerprint density at radius 2 is 2.64 bits per heavy atom. The lowest BCUT2D eigenvalue weighted by atomic mass is 10.5. The van der Waals surface area contributed by atoms with Gasteiger partial charge in [-0.2, -0.15) is 0 Å². The Bertz CT molecular complexity index is 179. The molecule has 62 valence electrons. The van der Waals surface area contributed by atoms with Gasteiger partial charge in [0.25, 0.3) is 0 Å². The summed E-state index contributed by atoms with van der Waals surface area (Å²) in [6.07, 6.45) is 3.54. The van der Waals surface area contributed by atoms with Crippen LogP contribution in [0.25, 0.3) is 0 Å². The molecule has 0 aromatic heterocycles. The standard InChI is InChI=1S/C7H13N3S/c1-9-4-6-5-10(2)7(3-8)11-6/h3,5,7-9H,4H2,1-2H3. The summed E-state index contributed by atoms with van der Waals surface area (Å²) in [4.78, 5) is 3.34. The first kappa shape index (κ1) is 8.62. The molecule has 1 heterocycles. The predicted molar refractivity (Wildman–Crippen MR) is 49.9 cm³/mol. The number of thioether (sulfide) groups is 1. The van der Waals surface area contributed by atoms with E-state index in [0.717, 1.165) is 6.54 Å². The molecule has 0 saturated heterocycles. The Morgan fingerprint density at radius 1 is 1.91 bits per heavy atom. The lowest BCUT2D eigenvalue weighted by Crippen LogP contribution is -2.20. The van der Waals surface area contributed by atoms with Gasteiger partial charge in [0.05, 0.1) is 0 Å². The van der Waals surface area contributed by atoms with Gasteiger partial charge in [-0.3, -0.25) is 0 Å². The summed E-state index contributed by atoms with van der Waals surface area (Å²) in [6.45, 7) is 0.902. The van der Waals surface area contributed by atoms with Crippen molar-refractivity contribution < 1.29 is 0 Å². The molecule has 1 aliphatic rings. The van der Waals surface area contributed by atoms with E-state index in [4.69, 9.17) is 5.41 Å². The van der Waals surface area contributed by atoms with Crippen LogP contribution < -0.4 is 5.32 Å². The van der Waals surface area contributed by atoms with Gasteiger partial charge in [-0.05, 0) is 7.05 Å². The van der Waals surface area contributed by atoms with Crippen molar-refractivity contribution in [2.45, 2.75) is 5.37 Å². The predicted octanol–water partition coefficient (Wildman–Crippen LogP) is 0.701. The zero-order valence-electron chi connectivity index (χ0n) is 6.79. The van der Waals surface area contributed by atoms with E-state index in [9.17, 15) is 0 Å². The highest BCUT2D eigenvalue weighted by molar-refractivity contribution is 8.04. The summed E-state index contributed by atoms with van der Waals surface area (Å²) in [5, 5.41) is 10.4. The zero-order chi connectivity index (χ0) is 8.27. The number of rotatable bonds is 3.